The Labute approximate surface area is 103 Å². The largest absolute Gasteiger partial charge is 0.465 e. The van der Waals surface area contributed by atoms with Crippen LogP contribution in [0.25, 0.3) is 0 Å². The number of hydrogen-bond donors (Lipinski definition) is 0. The summed E-state index contributed by atoms with van der Waals surface area (Å²) in [6.45, 7) is 0. The van der Waals surface area contributed by atoms with Crippen LogP contribution in [-0.4, -0.2) is 13.1 Å². The van der Waals surface area contributed by atoms with Crippen LogP contribution < -0.4 is 0 Å². The summed E-state index contributed by atoms with van der Waals surface area (Å²) in [5, 5.41) is -0.230. The molecule has 0 N–H and O–H groups in total. The van der Waals surface area contributed by atoms with Gasteiger partial charge in [0.25, 0.3) is 0 Å². The van der Waals surface area contributed by atoms with Crippen LogP contribution in [0.4, 0.5) is 17.6 Å². The number of ether oxygens (including phenoxy) is 1. The van der Waals surface area contributed by atoms with Crippen molar-refractivity contribution in [3.8, 4) is 0 Å². The first kappa shape index (κ1) is 14.0. The Bertz CT molecular complexity index is 443. The van der Waals surface area contributed by atoms with Crippen LogP contribution >= 0.6 is 15.9 Å². The average Bonchev–Trinajstić information content (AvgIpc) is 2.25. The predicted molar refractivity (Wildman–Crippen MR) is 55.4 cm³/mol. The maximum atomic E-state index is 13.0. The zero-order valence-corrected chi connectivity index (χ0v) is 10.2. The molecule has 2 nitrogen and oxygen atoms in total. The molecule has 7 heteroatoms. The number of alkyl halides is 4. The second-order valence-corrected chi connectivity index (χ2v) is 3.66. The zero-order chi connectivity index (χ0) is 13.2. The Kier molecular flexibility index (Phi) is 4.13. The van der Waals surface area contributed by atoms with Crippen LogP contribution in [0.15, 0.2) is 12.1 Å². The van der Waals surface area contributed by atoms with Crippen LogP contribution in [0.5, 0.6) is 0 Å². The van der Waals surface area contributed by atoms with Crippen molar-refractivity contribution in [2.75, 3.05) is 7.11 Å². The predicted octanol–water partition coefficient (Wildman–Crippen LogP) is 3.53. The van der Waals surface area contributed by atoms with Gasteiger partial charge in [0.2, 0.25) is 0 Å². The van der Waals surface area contributed by atoms with Crippen LogP contribution in [0.1, 0.15) is 21.5 Å². The van der Waals surface area contributed by atoms with E-state index < -0.39 is 29.1 Å². The van der Waals surface area contributed by atoms with E-state index in [1.54, 1.807) is 0 Å². The van der Waals surface area contributed by atoms with Crippen molar-refractivity contribution >= 4 is 21.9 Å². The van der Waals surface area contributed by atoms with E-state index in [2.05, 4.69) is 20.7 Å². The first-order valence-corrected chi connectivity index (χ1v) is 5.47. The molecule has 0 spiro atoms. The van der Waals surface area contributed by atoms with Crippen molar-refractivity contribution in [3.05, 3.63) is 34.6 Å². The second-order valence-electron chi connectivity index (χ2n) is 3.10. The molecule has 0 amide bonds. The molecule has 0 saturated heterocycles. The number of carbonyl (C=O) groups is 1. The van der Waals surface area contributed by atoms with Gasteiger partial charge in [0, 0.05) is 5.33 Å². The van der Waals surface area contributed by atoms with E-state index in [1.807, 2.05) is 0 Å². The van der Waals surface area contributed by atoms with E-state index in [-0.39, 0.29) is 10.9 Å². The van der Waals surface area contributed by atoms with Crippen molar-refractivity contribution in [2.45, 2.75) is 11.5 Å². The fourth-order valence-electron chi connectivity index (χ4n) is 1.33. The van der Waals surface area contributed by atoms with Gasteiger partial charge in [-0.2, -0.15) is 13.2 Å². The molecule has 0 atom stereocenters. The Hall–Kier alpha value is -1.11. The zero-order valence-electron chi connectivity index (χ0n) is 8.57. The average molecular weight is 315 g/mol. The first-order chi connectivity index (χ1) is 7.81. The lowest BCUT2D eigenvalue weighted by atomic mass is 10.0. The minimum absolute atomic E-state index is 0.230. The molecule has 17 heavy (non-hydrogen) atoms. The van der Waals surface area contributed by atoms with Crippen molar-refractivity contribution in [2.24, 2.45) is 0 Å². The van der Waals surface area contributed by atoms with Gasteiger partial charge in [0.15, 0.2) is 0 Å². The number of esters is 1. The number of halogens is 5. The van der Waals surface area contributed by atoms with E-state index in [0.29, 0.717) is 6.07 Å². The van der Waals surface area contributed by atoms with Gasteiger partial charge in [-0.05, 0) is 17.7 Å². The molecule has 0 aliphatic heterocycles. The van der Waals surface area contributed by atoms with Crippen molar-refractivity contribution in [1.29, 1.82) is 0 Å². The van der Waals surface area contributed by atoms with Crippen LogP contribution in [0.3, 0.4) is 0 Å². The molecule has 0 unspecified atom stereocenters. The lowest BCUT2D eigenvalue weighted by Crippen LogP contribution is -2.14. The number of benzene rings is 1. The van der Waals surface area contributed by atoms with Crippen molar-refractivity contribution < 1.29 is 27.1 Å². The number of carbonyl (C=O) groups excluding carboxylic acids is 1. The smallest absolute Gasteiger partial charge is 0.416 e. The Balaban J connectivity index is 3.52. The third-order valence-electron chi connectivity index (χ3n) is 2.06. The summed E-state index contributed by atoms with van der Waals surface area (Å²) in [5.74, 6) is -2.15. The van der Waals surface area contributed by atoms with Gasteiger partial charge in [-0.3, -0.25) is 0 Å². The molecule has 0 aromatic heterocycles. The van der Waals surface area contributed by atoms with Crippen LogP contribution in [0.2, 0.25) is 0 Å². The number of hydrogen-bond acceptors (Lipinski definition) is 2. The molecular formula is C10H7BrF4O2. The molecule has 1 rings (SSSR count). The summed E-state index contributed by atoms with van der Waals surface area (Å²) >= 11 is 2.84. The highest BCUT2D eigenvalue weighted by molar-refractivity contribution is 9.08. The summed E-state index contributed by atoms with van der Waals surface area (Å²) in [6.07, 6.45) is -4.73. The summed E-state index contributed by atoms with van der Waals surface area (Å²) in [7, 11) is 1.01. The van der Waals surface area contributed by atoms with Gasteiger partial charge in [0.05, 0.1) is 18.2 Å². The molecular weight excluding hydrogens is 308 g/mol. The molecule has 0 aliphatic carbocycles. The molecule has 0 saturated carbocycles. The normalized spacial score (nSPS) is 11.4. The number of methoxy groups -OCH3 is 1. The molecule has 0 heterocycles. The van der Waals surface area contributed by atoms with E-state index in [1.165, 1.54) is 0 Å². The molecule has 0 bridgehead atoms. The maximum Gasteiger partial charge on any atom is 0.416 e. The lowest BCUT2D eigenvalue weighted by molar-refractivity contribution is -0.138. The second kappa shape index (κ2) is 5.03. The third kappa shape index (κ3) is 2.96. The van der Waals surface area contributed by atoms with Gasteiger partial charge >= 0.3 is 12.1 Å². The fraction of sp³-hybridized carbons (Fsp3) is 0.300. The molecule has 0 fully saturated rings. The summed E-state index contributed by atoms with van der Waals surface area (Å²) in [6, 6.07) is 1.07. The molecule has 0 radical (unpaired) electrons. The fourth-order valence-corrected chi connectivity index (χ4v) is 1.93. The highest BCUT2D eigenvalue weighted by Gasteiger charge is 2.35. The summed E-state index contributed by atoms with van der Waals surface area (Å²) < 4.78 is 55.2. The molecule has 0 aliphatic rings. The van der Waals surface area contributed by atoms with E-state index in [4.69, 9.17) is 0 Å². The standard InChI is InChI=1S/C10H7BrF4O2/c1-17-9(16)6-2-5(12)3-8(7(6)4-11)10(13,14)15/h2-3H,4H2,1H3. The Morgan fingerprint density at radius 1 is 1.41 bits per heavy atom. The van der Waals surface area contributed by atoms with Gasteiger partial charge in [0.1, 0.15) is 5.82 Å². The SMILES string of the molecule is COC(=O)c1cc(F)cc(C(F)(F)F)c1CBr. The minimum atomic E-state index is -4.73. The molecule has 1 aromatic rings. The van der Waals surface area contributed by atoms with Crippen LogP contribution in [-0.2, 0) is 16.2 Å². The lowest BCUT2D eigenvalue weighted by Gasteiger charge is -2.14. The van der Waals surface area contributed by atoms with Gasteiger partial charge in [-0.1, -0.05) is 15.9 Å². The molecule has 1 aromatic carbocycles. The van der Waals surface area contributed by atoms with Gasteiger partial charge in [-0.15, -0.1) is 0 Å². The van der Waals surface area contributed by atoms with E-state index in [0.717, 1.165) is 13.2 Å². The summed E-state index contributed by atoms with van der Waals surface area (Å²) in [4.78, 5) is 11.2. The summed E-state index contributed by atoms with van der Waals surface area (Å²) in [5.41, 5.74) is -1.96. The minimum Gasteiger partial charge on any atom is -0.465 e. The highest BCUT2D eigenvalue weighted by atomic mass is 79.9. The van der Waals surface area contributed by atoms with Crippen LogP contribution in [0, 0.1) is 5.82 Å². The Morgan fingerprint density at radius 2 is 2.00 bits per heavy atom. The van der Waals surface area contributed by atoms with Gasteiger partial charge < -0.3 is 4.74 Å². The van der Waals surface area contributed by atoms with E-state index >= 15 is 0 Å². The third-order valence-corrected chi connectivity index (χ3v) is 2.62. The van der Waals surface area contributed by atoms with Gasteiger partial charge in [-0.25, -0.2) is 9.18 Å². The number of rotatable bonds is 2. The van der Waals surface area contributed by atoms with Crippen molar-refractivity contribution in [1.82, 2.24) is 0 Å². The topological polar surface area (TPSA) is 26.3 Å². The van der Waals surface area contributed by atoms with E-state index in [9.17, 15) is 22.4 Å². The maximum absolute atomic E-state index is 13.0. The highest BCUT2D eigenvalue weighted by Crippen LogP contribution is 2.35. The quantitative estimate of drug-likeness (QED) is 0.474. The van der Waals surface area contributed by atoms with Crippen molar-refractivity contribution in [3.63, 3.8) is 0 Å². The first-order valence-electron chi connectivity index (χ1n) is 4.35. The molecule has 94 valence electrons. The Morgan fingerprint density at radius 3 is 2.41 bits per heavy atom. The monoisotopic (exact) mass is 314 g/mol.